The van der Waals surface area contributed by atoms with E-state index in [0.717, 1.165) is 12.8 Å². The summed E-state index contributed by atoms with van der Waals surface area (Å²) >= 11 is 0. The van der Waals surface area contributed by atoms with Crippen LogP contribution in [0.4, 0.5) is 4.39 Å². The van der Waals surface area contributed by atoms with Crippen LogP contribution in [0.3, 0.4) is 0 Å². The number of hydrogen-bond acceptors (Lipinski definition) is 5. The summed E-state index contributed by atoms with van der Waals surface area (Å²) in [4.78, 5) is 40.6. The van der Waals surface area contributed by atoms with Crippen molar-refractivity contribution in [3.63, 3.8) is 0 Å². The summed E-state index contributed by atoms with van der Waals surface area (Å²) in [5.74, 6) is -0.983. The molecule has 9 heteroatoms. The molecule has 0 aromatic carbocycles. The Hall–Kier alpha value is -2.26. The highest BCUT2D eigenvalue weighted by atomic mass is 19.1. The quantitative estimate of drug-likeness (QED) is 0.560. The molecule has 2 aliphatic carbocycles. The molecular formula is C26H41FN4O4. The normalized spacial score (nSPS) is 32.3. The predicted octanol–water partition coefficient (Wildman–Crippen LogP) is 2.07. The Bertz CT molecular complexity index is 826. The lowest BCUT2D eigenvalue weighted by Crippen LogP contribution is -2.56. The van der Waals surface area contributed by atoms with Gasteiger partial charge < -0.3 is 25.6 Å². The van der Waals surface area contributed by atoms with Crippen LogP contribution >= 0.6 is 0 Å². The molecule has 3 rings (SSSR count). The van der Waals surface area contributed by atoms with E-state index in [1.54, 1.807) is 20.0 Å². The summed E-state index contributed by atoms with van der Waals surface area (Å²) in [5, 5.41) is 9.05. The minimum atomic E-state index is -0.717. The molecule has 0 radical (unpaired) electrons. The van der Waals surface area contributed by atoms with E-state index in [9.17, 15) is 18.8 Å². The third-order valence-electron chi connectivity index (χ3n) is 7.08. The molecule has 196 valence electrons. The Morgan fingerprint density at radius 3 is 2.57 bits per heavy atom. The molecule has 3 amide bonds. The molecule has 0 aromatic heterocycles. The minimum absolute atomic E-state index is 0.148. The van der Waals surface area contributed by atoms with Crippen molar-refractivity contribution in [3.05, 3.63) is 24.1 Å². The van der Waals surface area contributed by atoms with Crippen molar-refractivity contribution >= 4 is 17.7 Å². The molecule has 1 aliphatic heterocycles. The van der Waals surface area contributed by atoms with Crippen LogP contribution in [0.2, 0.25) is 0 Å². The lowest BCUT2D eigenvalue weighted by atomic mass is 9.91. The molecule has 1 heterocycles. The Balaban J connectivity index is 1.77. The topological polar surface area (TPSA) is 99.8 Å². The van der Waals surface area contributed by atoms with E-state index in [1.165, 1.54) is 11.0 Å². The van der Waals surface area contributed by atoms with E-state index in [2.05, 4.69) is 16.0 Å². The second-order valence-corrected chi connectivity index (χ2v) is 10.4. The molecule has 2 fully saturated rings. The first-order chi connectivity index (χ1) is 16.7. The number of nitrogens with zero attached hydrogens (tertiary/aromatic N) is 1. The smallest absolute Gasteiger partial charge is 0.243 e. The van der Waals surface area contributed by atoms with Crippen LogP contribution < -0.4 is 16.0 Å². The maximum Gasteiger partial charge on any atom is 0.243 e. The molecule has 3 aliphatic rings. The van der Waals surface area contributed by atoms with Crippen molar-refractivity contribution in [2.75, 3.05) is 26.7 Å². The van der Waals surface area contributed by atoms with Gasteiger partial charge in [0.25, 0.3) is 0 Å². The van der Waals surface area contributed by atoms with Crippen molar-refractivity contribution in [3.8, 4) is 0 Å². The highest BCUT2D eigenvalue weighted by Gasteiger charge is 2.39. The SMILES string of the molecule is CC(C)C[C@H]1NC(=O)[C@@H](C)N(C)C(=O)[C@H](C2CC2)NCCOC2C=CC=C(F)[C@@H]2CCCNC1=O. The first-order valence-corrected chi connectivity index (χ1v) is 12.9. The van der Waals surface area contributed by atoms with Crippen molar-refractivity contribution in [2.45, 2.75) is 77.1 Å². The lowest BCUT2D eigenvalue weighted by Gasteiger charge is -2.31. The average Bonchev–Trinajstić information content (AvgIpc) is 3.65. The van der Waals surface area contributed by atoms with Gasteiger partial charge in [-0.15, -0.1) is 0 Å². The van der Waals surface area contributed by atoms with E-state index >= 15 is 0 Å². The van der Waals surface area contributed by atoms with E-state index in [-0.39, 0.29) is 41.5 Å². The molecule has 8 nitrogen and oxygen atoms in total. The summed E-state index contributed by atoms with van der Waals surface area (Å²) in [7, 11) is 1.63. The van der Waals surface area contributed by atoms with Crippen molar-refractivity contribution in [2.24, 2.45) is 17.8 Å². The fourth-order valence-corrected chi connectivity index (χ4v) is 4.68. The highest BCUT2D eigenvalue weighted by molar-refractivity contribution is 5.93. The zero-order valence-electron chi connectivity index (χ0n) is 21.4. The van der Waals surface area contributed by atoms with Crippen molar-refractivity contribution < 1.29 is 23.5 Å². The molecule has 0 bridgehead atoms. The summed E-state index contributed by atoms with van der Waals surface area (Å²) in [6, 6.07) is -1.82. The lowest BCUT2D eigenvalue weighted by molar-refractivity contribution is -0.141. The van der Waals surface area contributed by atoms with Gasteiger partial charge in [-0.05, 0) is 56.9 Å². The Kier molecular flexibility index (Phi) is 9.86. The van der Waals surface area contributed by atoms with Crippen molar-refractivity contribution in [1.29, 1.82) is 0 Å². The number of likely N-dealkylation sites (N-methyl/N-ethyl adjacent to an activating group) is 1. The molecular weight excluding hydrogens is 451 g/mol. The average molecular weight is 493 g/mol. The Morgan fingerprint density at radius 1 is 1.14 bits per heavy atom. The van der Waals surface area contributed by atoms with Gasteiger partial charge in [-0.25, -0.2) is 4.39 Å². The fourth-order valence-electron chi connectivity index (χ4n) is 4.68. The molecule has 35 heavy (non-hydrogen) atoms. The Morgan fingerprint density at radius 2 is 1.89 bits per heavy atom. The number of carbonyl (C=O) groups excluding carboxylic acids is 3. The molecule has 0 spiro atoms. The van der Waals surface area contributed by atoms with Gasteiger partial charge in [0.15, 0.2) is 0 Å². The van der Waals surface area contributed by atoms with Crippen LogP contribution in [0.5, 0.6) is 0 Å². The molecule has 5 atom stereocenters. The number of allylic oxidation sites excluding steroid dienone is 2. The summed E-state index contributed by atoms with van der Waals surface area (Å²) in [6.07, 6.45) is 8.11. The number of ether oxygens (including phenoxy) is 1. The van der Waals surface area contributed by atoms with Gasteiger partial charge >= 0.3 is 0 Å². The van der Waals surface area contributed by atoms with E-state index in [1.807, 2.05) is 19.9 Å². The number of halogens is 1. The minimum Gasteiger partial charge on any atom is -0.372 e. The zero-order chi connectivity index (χ0) is 25.5. The zero-order valence-corrected chi connectivity index (χ0v) is 21.4. The highest BCUT2D eigenvalue weighted by Crippen LogP contribution is 2.34. The third kappa shape index (κ3) is 7.61. The van der Waals surface area contributed by atoms with Gasteiger partial charge in [-0.3, -0.25) is 14.4 Å². The maximum absolute atomic E-state index is 14.6. The van der Waals surface area contributed by atoms with E-state index in [4.69, 9.17) is 4.74 Å². The summed E-state index contributed by atoms with van der Waals surface area (Å²) in [6.45, 7) is 6.82. The monoisotopic (exact) mass is 492 g/mol. The molecule has 1 saturated carbocycles. The number of hydrogen-bond donors (Lipinski definition) is 3. The molecule has 1 saturated heterocycles. The number of carbonyl (C=O) groups is 3. The first kappa shape index (κ1) is 27.3. The standard InChI is InChI=1S/C26H41FN4O4/c1-16(2)15-21-25(33)29-12-6-7-19-20(27)8-5-9-22(19)35-14-13-28-23(18-10-11-18)26(34)31(4)17(3)24(32)30-21/h5,8-9,16-19,21-23,28H,6-7,10-15H2,1-4H3,(H,29,33)(H,30,32)/t17-,19+,21-,22?,23+/m1/s1. The summed E-state index contributed by atoms with van der Waals surface area (Å²) < 4.78 is 20.6. The number of rotatable bonds is 3. The van der Waals surface area contributed by atoms with E-state index in [0.29, 0.717) is 39.0 Å². The third-order valence-corrected chi connectivity index (χ3v) is 7.08. The van der Waals surface area contributed by atoms with Crippen LogP contribution in [0.25, 0.3) is 0 Å². The number of fused-ring (bicyclic) bond motifs is 1. The largest absolute Gasteiger partial charge is 0.372 e. The molecule has 3 N–H and O–H groups in total. The van der Waals surface area contributed by atoms with Gasteiger partial charge in [0, 0.05) is 26.1 Å². The Labute approximate surface area is 208 Å². The van der Waals surface area contributed by atoms with Crippen LogP contribution in [0.15, 0.2) is 24.1 Å². The molecule has 1 unspecified atom stereocenters. The van der Waals surface area contributed by atoms with Gasteiger partial charge in [-0.1, -0.05) is 26.0 Å². The second kappa shape index (κ2) is 12.6. The number of nitrogens with one attached hydrogen (secondary N) is 3. The van der Waals surface area contributed by atoms with Crippen LogP contribution in [0, 0.1) is 17.8 Å². The predicted molar refractivity (Wildman–Crippen MR) is 132 cm³/mol. The second-order valence-electron chi connectivity index (χ2n) is 10.4. The fraction of sp³-hybridized carbons (Fsp3) is 0.731. The van der Waals surface area contributed by atoms with Gasteiger partial charge in [0.1, 0.15) is 17.9 Å². The summed E-state index contributed by atoms with van der Waals surface area (Å²) in [5.41, 5.74) is 0. The van der Waals surface area contributed by atoms with Crippen LogP contribution in [0.1, 0.15) is 52.9 Å². The van der Waals surface area contributed by atoms with Gasteiger partial charge in [0.05, 0.1) is 18.8 Å². The maximum atomic E-state index is 14.6. The number of amides is 3. The van der Waals surface area contributed by atoms with Crippen LogP contribution in [-0.2, 0) is 19.1 Å². The molecule has 0 aromatic rings. The van der Waals surface area contributed by atoms with Gasteiger partial charge in [-0.2, -0.15) is 0 Å². The van der Waals surface area contributed by atoms with E-state index < -0.39 is 24.0 Å². The first-order valence-electron chi connectivity index (χ1n) is 12.9. The van der Waals surface area contributed by atoms with Crippen molar-refractivity contribution in [1.82, 2.24) is 20.9 Å². The van der Waals surface area contributed by atoms with Gasteiger partial charge in [0.2, 0.25) is 17.7 Å². The van der Waals surface area contributed by atoms with Crippen LogP contribution in [-0.4, -0.2) is 73.6 Å².